The highest BCUT2D eigenvalue weighted by molar-refractivity contribution is 5.27. The smallest absolute Gasteiger partial charge is 0.157 e. The molecule has 3 heteroatoms. The Hall–Kier alpha value is -1.38. The van der Waals surface area contributed by atoms with Crippen LogP contribution in [0.5, 0.6) is 0 Å². The Morgan fingerprint density at radius 2 is 2.00 bits per heavy atom. The van der Waals surface area contributed by atoms with Gasteiger partial charge in [0.2, 0.25) is 0 Å². The summed E-state index contributed by atoms with van der Waals surface area (Å²) in [4.78, 5) is 0. The summed E-state index contributed by atoms with van der Waals surface area (Å²) in [5.41, 5.74) is 6.47. The third kappa shape index (κ3) is 1.86. The minimum atomic E-state index is 0.632. The zero-order valence-corrected chi connectivity index (χ0v) is 7.45. The maximum Gasteiger partial charge on any atom is 0.157 e. The molecular weight excluding hydrogens is 166 g/mol. The predicted molar refractivity (Wildman–Crippen MR) is 49.6 cm³/mol. The van der Waals surface area contributed by atoms with Gasteiger partial charge in [0, 0.05) is 12.1 Å². The summed E-state index contributed by atoms with van der Waals surface area (Å²) < 4.78 is 10.9. The maximum absolute atomic E-state index is 5.68. The molecule has 0 spiro atoms. The highest BCUT2D eigenvalue weighted by Gasteiger charge is 2.13. The minimum absolute atomic E-state index is 0.632. The van der Waals surface area contributed by atoms with Gasteiger partial charge in [0.25, 0.3) is 0 Å². The lowest BCUT2D eigenvalue weighted by Crippen LogP contribution is -2.13. The number of ether oxygens (including phenoxy) is 2. The van der Waals surface area contributed by atoms with Crippen LogP contribution in [0.25, 0.3) is 0 Å². The number of hydrogen-bond donors (Lipinski definition) is 1. The van der Waals surface area contributed by atoms with Gasteiger partial charge in [-0.05, 0) is 18.6 Å². The SMILES string of the molecule is NC1=CCCC2=C(C=C1)OCCO2. The van der Waals surface area contributed by atoms with E-state index in [0.717, 1.165) is 30.1 Å². The van der Waals surface area contributed by atoms with Crippen molar-refractivity contribution in [3.63, 3.8) is 0 Å². The Bertz CT molecular complexity index is 289. The summed E-state index contributed by atoms with van der Waals surface area (Å²) in [5, 5.41) is 0. The lowest BCUT2D eigenvalue weighted by molar-refractivity contribution is 0.0647. The molecule has 1 aliphatic carbocycles. The van der Waals surface area contributed by atoms with Gasteiger partial charge in [-0.15, -0.1) is 0 Å². The van der Waals surface area contributed by atoms with E-state index in [-0.39, 0.29) is 0 Å². The van der Waals surface area contributed by atoms with Crippen molar-refractivity contribution in [1.82, 2.24) is 0 Å². The molecule has 70 valence electrons. The van der Waals surface area contributed by atoms with Crippen LogP contribution in [0.1, 0.15) is 12.8 Å². The molecule has 0 aromatic rings. The summed E-state index contributed by atoms with van der Waals surface area (Å²) in [6.45, 7) is 1.29. The van der Waals surface area contributed by atoms with Crippen LogP contribution in [-0.4, -0.2) is 13.2 Å². The van der Waals surface area contributed by atoms with Crippen molar-refractivity contribution >= 4 is 0 Å². The molecule has 2 rings (SSSR count). The van der Waals surface area contributed by atoms with Gasteiger partial charge in [-0.25, -0.2) is 0 Å². The van der Waals surface area contributed by atoms with E-state index in [1.807, 2.05) is 18.2 Å². The largest absolute Gasteiger partial charge is 0.491 e. The standard InChI is InChI=1S/C10H13NO2/c11-8-2-1-3-9-10(5-4-8)13-7-6-12-9/h2,4-5H,1,3,6-7,11H2. The lowest BCUT2D eigenvalue weighted by Gasteiger charge is -2.20. The number of nitrogens with two attached hydrogens (primary N) is 1. The molecular formula is C10H13NO2. The summed E-state index contributed by atoms with van der Waals surface area (Å²) in [6.07, 6.45) is 7.51. The number of rotatable bonds is 0. The Balaban J connectivity index is 2.23. The van der Waals surface area contributed by atoms with Crippen molar-refractivity contribution in [3.8, 4) is 0 Å². The van der Waals surface area contributed by atoms with E-state index in [0.29, 0.717) is 13.2 Å². The fraction of sp³-hybridized carbons (Fsp3) is 0.400. The Morgan fingerprint density at radius 1 is 1.15 bits per heavy atom. The maximum atomic E-state index is 5.68. The van der Waals surface area contributed by atoms with Crippen LogP contribution < -0.4 is 5.73 Å². The molecule has 0 radical (unpaired) electrons. The van der Waals surface area contributed by atoms with Gasteiger partial charge in [-0.3, -0.25) is 0 Å². The van der Waals surface area contributed by atoms with Crippen molar-refractivity contribution in [1.29, 1.82) is 0 Å². The van der Waals surface area contributed by atoms with E-state index in [2.05, 4.69) is 0 Å². The van der Waals surface area contributed by atoms with E-state index in [9.17, 15) is 0 Å². The van der Waals surface area contributed by atoms with Crippen LogP contribution in [-0.2, 0) is 9.47 Å². The molecule has 0 amide bonds. The first-order valence-corrected chi connectivity index (χ1v) is 4.49. The zero-order valence-electron chi connectivity index (χ0n) is 7.45. The van der Waals surface area contributed by atoms with Crippen molar-refractivity contribution in [3.05, 3.63) is 35.4 Å². The van der Waals surface area contributed by atoms with E-state index >= 15 is 0 Å². The van der Waals surface area contributed by atoms with Gasteiger partial charge in [0.1, 0.15) is 19.0 Å². The van der Waals surface area contributed by atoms with Crippen LogP contribution in [0.4, 0.5) is 0 Å². The molecule has 2 aliphatic rings. The van der Waals surface area contributed by atoms with E-state index in [1.54, 1.807) is 0 Å². The van der Waals surface area contributed by atoms with E-state index in [4.69, 9.17) is 15.2 Å². The van der Waals surface area contributed by atoms with Crippen LogP contribution in [0, 0.1) is 0 Å². The summed E-state index contributed by atoms with van der Waals surface area (Å²) in [5.74, 6) is 1.79. The number of hydrogen-bond acceptors (Lipinski definition) is 3. The summed E-state index contributed by atoms with van der Waals surface area (Å²) in [6, 6.07) is 0. The van der Waals surface area contributed by atoms with E-state index in [1.165, 1.54) is 0 Å². The molecule has 1 aliphatic heterocycles. The average molecular weight is 179 g/mol. The Kier molecular flexibility index (Phi) is 2.25. The number of allylic oxidation sites excluding steroid dienone is 4. The normalized spacial score (nSPS) is 22.0. The van der Waals surface area contributed by atoms with Gasteiger partial charge < -0.3 is 15.2 Å². The third-order valence-electron chi connectivity index (χ3n) is 2.07. The quantitative estimate of drug-likeness (QED) is 0.612. The molecule has 0 bridgehead atoms. The second-order valence-corrected chi connectivity index (χ2v) is 3.06. The topological polar surface area (TPSA) is 44.5 Å². The van der Waals surface area contributed by atoms with Crippen molar-refractivity contribution in [2.24, 2.45) is 5.73 Å². The monoisotopic (exact) mass is 179 g/mol. The van der Waals surface area contributed by atoms with Gasteiger partial charge in [0.15, 0.2) is 5.76 Å². The highest BCUT2D eigenvalue weighted by Crippen LogP contribution is 2.21. The van der Waals surface area contributed by atoms with Gasteiger partial charge in [-0.1, -0.05) is 6.08 Å². The molecule has 3 nitrogen and oxygen atoms in total. The zero-order chi connectivity index (χ0) is 9.10. The lowest BCUT2D eigenvalue weighted by atomic mass is 10.1. The second-order valence-electron chi connectivity index (χ2n) is 3.06. The van der Waals surface area contributed by atoms with Crippen molar-refractivity contribution < 1.29 is 9.47 Å². The van der Waals surface area contributed by atoms with Crippen LogP contribution in [0.3, 0.4) is 0 Å². The molecule has 0 saturated carbocycles. The summed E-state index contributed by atoms with van der Waals surface area (Å²) in [7, 11) is 0. The van der Waals surface area contributed by atoms with E-state index < -0.39 is 0 Å². The molecule has 1 heterocycles. The summed E-state index contributed by atoms with van der Waals surface area (Å²) >= 11 is 0. The molecule has 0 unspecified atom stereocenters. The molecule has 13 heavy (non-hydrogen) atoms. The van der Waals surface area contributed by atoms with Gasteiger partial charge in [0.05, 0.1) is 0 Å². The first-order chi connectivity index (χ1) is 6.36. The molecule has 0 atom stereocenters. The van der Waals surface area contributed by atoms with Crippen molar-refractivity contribution in [2.75, 3.05) is 13.2 Å². The van der Waals surface area contributed by atoms with Crippen molar-refractivity contribution in [2.45, 2.75) is 12.8 Å². The molecule has 0 aromatic carbocycles. The first kappa shape index (κ1) is 8.23. The minimum Gasteiger partial charge on any atom is -0.491 e. The Labute approximate surface area is 77.5 Å². The fourth-order valence-electron chi connectivity index (χ4n) is 1.41. The fourth-order valence-corrected chi connectivity index (χ4v) is 1.41. The van der Waals surface area contributed by atoms with Gasteiger partial charge in [-0.2, -0.15) is 0 Å². The molecule has 0 saturated heterocycles. The van der Waals surface area contributed by atoms with Crippen LogP contribution in [0.2, 0.25) is 0 Å². The average Bonchev–Trinajstić information content (AvgIpc) is 2.13. The molecule has 0 aromatic heterocycles. The molecule has 0 fully saturated rings. The third-order valence-corrected chi connectivity index (χ3v) is 2.07. The predicted octanol–water partition coefficient (Wildman–Crippen LogP) is 1.44. The molecule has 2 N–H and O–H groups in total. The van der Waals surface area contributed by atoms with Crippen LogP contribution >= 0.6 is 0 Å². The Morgan fingerprint density at radius 3 is 2.92 bits per heavy atom. The second kappa shape index (κ2) is 3.56. The first-order valence-electron chi connectivity index (χ1n) is 4.49. The highest BCUT2D eigenvalue weighted by atomic mass is 16.6. The van der Waals surface area contributed by atoms with Gasteiger partial charge >= 0.3 is 0 Å². The van der Waals surface area contributed by atoms with Crippen LogP contribution in [0.15, 0.2) is 35.4 Å².